The largest absolute Gasteiger partial charge is 0.493 e. The molecule has 7 nitrogen and oxygen atoms in total. The molecule has 0 aliphatic rings. The van der Waals surface area contributed by atoms with Gasteiger partial charge in [-0.25, -0.2) is 5.43 Å². The number of hydrogen-bond acceptors (Lipinski definition) is 5. The van der Waals surface area contributed by atoms with Crippen LogP contribution in [0, 0.1) is 6.92 Å². The second-order valence-electron chi connectivity index (χ2n) is 6.83. The van der Waals surface area contributed by atoms with Crippen molar-refractivity contribution in [3.8, 4) is 11.5 Å². The number of aryl methyl sites for hydroxylation is 1. The molecule has 164 valence electrons. The molecule has 3 rings (SSSR count). The van der Waals surface area contributed by atoms with E-state index in [4.69, 9.17) is 21.1 Å². The van der Waals surface area contributed by atoms with E-state index in [-0.39, 0.29) is 0 Å². The van der Waals surface area contributed by atoms with E-state index in [1.54, 1.807) is 30.3 Å². The van der Waals surface area contributed by atoms with Gasteiger partial charge >= 0.3 is 11.8 Å². The standard InChI is InChI=1S/C24H22ClN3O4/c1-16-7-6-10-19(11-16)27-23(29)24(30)28-26-14-18-12-20(25)22(21(13-18)31-2)32-15-17-8-4-3-5-9-17/h3-14H,15H2,1-2H3,(H,27,29)(H,28,30)/b26-14-. The van der Waals surface area contributed by atoms with Crippen LogP contribution in [0.5, 0.6) is 11.5 Å². The molecule has 0 atom stereocenters. The predicted octanol–water partition coefficient (Wildman–Crippen LogP) is 4.32. The highest BCUT2D eigenvalue weighted by molar-refractivity contribution is 6.39. The summed E-state index contributed by atoms with van der Waals surface area (Å²) in [6, 6.07) is 20.1. The minimum absolute atomic E-state index is 0.324. The van der Waals surface area contributed by atoms with Crippen LogP contribution in [0.3, 0.4) is 0 Å². The maximum Gasteiger partial charge on any atom is 0.329 e. The number of ether oxygens (including phenoxy) is 2. The molecule has 8 heteroatoms. The van der Waals surface area contributed by atoms with Gasteiger partial charge in [-0.15, -0.1) is 0 Å². The normalized spacial score (nSPS) is 10.6. The van der Waals surface area contributed by atoms with Crippen molar-refractivity contribution >= 4 is 35.3 Å². The number of methoxy groups -OCH3 is 1. The van der Waals surface area contributed by atoms with Crippen LogP contribution in [-0.4, -0.2) is 25.1 Å². The summed E-state index contributed by atoms with van der Waals surface area (Å²) in [6.45, 7) is 2.22. The molecule has 3 aromatic rings. The first kappa shape index (κ1) is 22.8. The third-order valence-electron chi connectivity index (χ3n) is 4.34. The zero-order valence-corrected chi connectivity index (χ0v) is 18.3. The summed E-state index contributed by atoms with van der Waals surface area (Å²) in [4.78, 5) is 24.0. The molecule has 2 amide bonds. The van der Waals surface area contributed by atoms with Crippen LogP contribution in [0.4, 0.5) is 5.69 Å². The van der Waals surface area contributed by atoms with Crippen LogP contribution in [0.2, 0.25) is 5.02 Å². The van der Waals surface area contributed by atoms with Crippen LogP contribution >= 0.6 is 11.6 Å². The highest BCUT2D eigenvalue weighted by Crippen LogP contribution is 2.36. The molecule has 0 unspecified atom stereocenters. The Morgan fingerprint density at radius 3 is 2.53 bits per heavy atom. The molecule has 0 saturated carbocycles. The van der Waals surface area contributed by atoms with Gasteiger partial charge in [-0.3, -0.25) is 9.59 Å². The Hall–Kier alpha value is -3.84. The fourth-order valence-corrected chi connectivity index (χ4v) is 3.08. The Balaban J connectivity index is 1.61. The minimum atomic E-state index is -0.899. The predicted molar refractivity (Wildman–Crippen MR) is 124 cm³/mol. The quantitative estimate of drug-likeness (QED) is 0.318. The number of nitrogens with zero attached hydrogens (tertiary/aromatic N) is 1. The summed E-state index contributed by atoms with van der Waals surface area (Å²) in [5.41, 5.74) is 5.22. The zero-order chi connectivity index (χ0) is 22.9. The highest BCUT2D eigenvalue weighted by Gasteiger charge is 2.14. The van der Waals surface area contributed by atoms with Crippen molar-refractivity contribution in [1.29, 1.82) is 0 Å². The summed E-state index contributed by atoms with van der Waals surface area (Å²) < 4.78 is 11.2. The molecule has 0 radical (unpaired) electrons. The molecule has 0 fully saturated rings. The number of amides is 2. The third kappa shape index (κ3) is 6.33. The summed E-state index contributed by atoms with van der Waals surface area (Å²) in [6.07, 6.45) is 1.35. The number of hydrazone groups is 1. The average molecular weight is 452 g/mol. The van der Waals surface area contributed by atoms with Gasteiger partial charge in [-0.1, -0.05) is 54.1 Å². The SMILES string of the molecule is COc1cc(/C=N\NC(=O)C(=O)Nc2cccc(C)c2)cc(Cl)c1OCc1ccccc1. The molecule has 3 aromatic carbocycles. The molecule has 32 heavy (non-hydrogen) atoms. The van der Waals surface area contributed by atoms with E-state index in [9.17, 15) is 9.59 Å². The minimum Gasteiger partial charge on any atom is -0.493 e. The maximum atomic E-state index is 12.0. The van der Waals surface area contributed by atoms with E-state index in [0.29, 0.717) is 34.4 Å². The van der Waals surface area contributed by atoms with Crippen molar-refractivity contribution in [3.63, 3.8) is 0 Å². The van der Waals surface area contributed by atoms with Crippen molar-refractivity contribution in [1.82, 2.24) is 5.43 Å². The number of halogens is 1. The Bertz CT molecular complexity index is 1130. The topological polar surface area (TPSA) is 89.0 Å². The first-order chi connectivity index (χ1) is 15.5. The lowest BCUT2D eigenvalue weighted by Gasteiger charge is -2.13. The number of rotatable bonds is 7. The Morgan fingerprint density at radius 2 is 1.81 bits per heavy atom. The van der Waals surface area contributed by atoms with Crippen molar-refractivity contribution in [2.24, 2.45) is 5.10 Å². The molecular formula is C24H22ClN3O4. The third-order valence-corrected chi connectivity index (χ3v) is 4.62. The van der Waals surface area contributed by atoms with Crippen molar-refractivity contribution < 1.29 is 19.1 Å². The molecule has 0 spiro atoms. The maximum absolute atomic E-state index is 12.0. The lowest BCUT2D eigenvalue weighted by atomic mass is 10.2. The van der Waals surface area contributed by atoms with Gasteiger partial charge in [0.15, 0.2) is 11.5 Å². The molecular weight excluding hydrogens is 430 g/mol. The molecule has 0 aromatic heterocycles. The average Bonchev–Trinajstić information content (AvgIpc) is 2.78. The van der Waals surface area contributed by atoms with Crippen molar-refractivity contribution in [3.05, 3.63) is 88.4 Å². The van der Waals surface area contributed by atoms with Crippen LogP contribution in [0.25, 0.3) is 0 Å². The van der Waals surface area contributed by atoms with Crippen LogP contribution < -0.4 is 20.2 Å². The lowest BCUT2D eigenvalue weighted by Crippen LogP contribution is -2.32. The molecule has 0 saturated heterocycles. The van der Waals surface area contributed by atoms with Gasteiger partial charge < -0.3 is 14.8 Å². The number of nitrogens with one attached hydrogen (secondary N) is 2. The van der Waals surface area contributed by atoms with E-state index in [0.717, 1.165) is 11.1 Å². The number of carbonyl (C=O) groups is 2. The van der Waals surface area contributed by atoms with Gasteiger partial charge in [0, 0.05) is 5.69 Å². The summed E-state index contributed by atoms with van der Waals surface area (Å²) >= 11 is 6.36. The van der Waals surface area contributed by atoms with E-state index in [1.165, 1.54) is 13.3 Å². The molecule has 2 N–H and O–H groups in total. The first-order valence-corrected chi connectivity index (χ1v) is 10.1. The fraction of sp³-hybridized carbons (Fsp3) is 0.125. The second-order valence-corrected chi connectivity index (χ2v) is 7.24. The van der Waals surface area contributed by atoms with E-state index in [2.05, 4.69) is 15.8 Å². The summed E-state index contributed by atoms with van der Waals surface area (Å²) in [7, 11) is 1.50. The molecule has 0 bridgehead atoms. The number of carbonyl (C=O) groups excluding carboxylic acids is 2. The lowest BCUT2D eigenvalue weighted by molar-refractivity contribution is -0.136. The van der Waals surface area contributed by atoms with E-state index < -0.39 is 11.8 Å². The van der Waals surface area contributed by atoms with E-state index in [1.807, 2.05) is 43.3 Å². The van der Waals surface area contributed by atoms with Gasteiger partial charge in [0.25, 0.3) is 0 Å². The van der Waals surface area contributed by atoms with Crippen molar-refractivity contribution in [2.45, 2.75) is 13.5 Å². The van der Waals surface area contributed by atoms with Gasteiger partial charge in [0.05, 0.1) is 18.3 Å². The van der Waals surface area contributed by atoms with Crippen molar-refractivity contribution in [2.75, 3.05) is 12.4 Å². The van der Waals surface area contributed by atoms with Crippen LogP contribution in [0.15, 0.2) is 71.8 Å². The van der Waals surface area contributed by atoms with Crippen LogP contribution in [-0.2, 0) is 16.2 Å². The Kier molecular flexibility index (Phi) is 7.83. The van der Waals surface area contributed by atoms with Gasteiger partial charge in [-0.2, -0.15) is 5.10 Å². The van der Waals surface area contributed by atoms with Crippen LogP contribution in [0.1, 0.15) is 16.7 Å². The van der Waals surface area contributed by atoms with Gasteiger partial charge in [0.2, 0.25) is 0 Å². The first-order valence-electron chi connectivity index (χ1n) is 9.71. The number of benzene rings is 3. The van der Waals surface area contributed by atoms with Gasteiger partial charge in [-0.05, 0) is 47.9 Å². The fourth-order valence-electron chi connectivity index (χ4n) is 2.81. The smallest absolute Gasteiger partial charge is 0.329 e. The monoisotopic (exact) mass is 451 g/mol. The Labute approximate surface area is 191 Å². The van der Waals surface area contributed by atoms with Gasteiger partial charge in [0.1, 0.15) is 6.61 Å². The number of hydrogen-bond donors (Lipinski definition) is 2. The molecule has 0 aliphatic carbocycles. The molecule has 0 heterocycles. The summed E-state index contributed by atoms with van der Waals surface area (Å²) in [5, 5.41) is 6.66. The van der Waals surface area contributed by atoms with E-state index >= 15 is 0 Å². The number of anilines is 1. The summed E-state index contributed by atoms with van der Waals surface area (Å²) in [5.74, 6) is -0.910. The second kappa shape index (κ2) is 11.0. The Morgan fingerprint density at radius 1 is 1.03 bits per heavy atom. The highest BCUT2D eigenvalue weighted by atomic mass is 35.5. The molecule has 0 aliphatic heterocycles. The zero-order valence-electron chi connectivity index (χ0n) is 17.6.